The fourth-order valence-corrected chi connectivity index (χ4v) is 7.25. The van der Waals surface area contributed by atoms with Crippen molar-refractivity contribution < 1.29 is 32.2 Å². The molecular weight excluding hydrogens is 523 g/mol. The highest BCUT2D eigenvalue weighted by Crippen LogP contribution is 2.37. The topological polar surface area (TPSA) is 119 Å². The Balaban J connectivity index is 1.50. The maximum atomic E-state index is 13.7. The molecule has 10 heteroatoms. The molecule has 1 heterocycles. The number of fused-ring (bicyclic) bond motifs is 1. The molecule has 2 unspecified atom stereocenters. The molecule has 2 aromatic rings. The number of aliphatic hydroxyl groups excluding tert-OH is 1. The molecule has 214 valence electrons. The first kappa shape index (κ1) is 29.5. The van der Waals surface area contributed by atoms with Crippen LogP contribution < -0.4 is 5.73 Å². The molecule has 1 saturated heterocycles. The number of anilines is 1. The number of esters is 1. The largest absolute Gasteiger partial charge is 0.462 e. The number of carbonyl (C=O) groups excluding carboxylic acids is 1. The van der Waals surface area contributed by atoms with E-state index in [0.29, 0.717) is 18.8 Å². The third-order valence-corrected chi connectivity index (χ3v) is 9.41. The first-order chi connectivity index (χ1) is 18.5. The van der Waals surface area contributed by atoms with Crippen LogP contribution in [0.25, 0.3) is 0 Å². The average Bonchev–Trinajstić information content (AvgIpc) is 3.47. The second-order valence-electron chi connectivity index (χ2n) is 11.2. The minimum atomic E-state index is -4.10. The van der Waals surface area contributed by atoms with Crippen LogP contribution in [0.4, 0.5) is 10.1 Å². The number of nitrogens with zero attached hydrogens (tertiary/aromatic N) is 1. The van der Waals surface area contributed by atoms with E-state index in [9.17, 15) is 22.7 Å². The predicted octanol–water partition coefficient (Wildman–Crippen LogP) is 3.78. The summed E-state index contributed by atoms with van der Waals surface area (Å²) in [6.07, 6.45) is 1.54. The van der Waals surface area contributed by atoms with E-state index in [1.54, 1.807) is 0 Å². The number of rotatable bonds is 12. The Bertz CT molecular complexity index is 1210. The van der Waals surface area contributed by atoms with Crippen molar-refractivity contribution in [2.75, 3.05) is 25.4 Å². The standard InChI is InChI=1S/C29H39FN2O6S/c1-19(2)17-32(39(35,36)24-8-9-25(30)26(31)16-24)18-27(33)22(12-20-6-4-3-5-7-20)14-29(34)38-23-13-21-10-11-37-28(21)15-23/h3-9,16,19,21-23,27-28,33H,10-15,17-18,31H2,1-2H3/t21?,22-,23?,27-,28-/m1/s1. The lowest BCUT2D eigenvalue weighted by atomic mass is 9.90. The average molecular weight is 563 g/mol. The summed E-state index contributed by atoms with van der Waals surface area (Å²) in [6, 6.07) is 12.7. The maximum absolute atomic E-state index is 13.7. The molecule has 8 nitrogen and oxygen atoms in total. The fraction of sp³-hybridized carbons (Fsp3) is 0.552. The molecule has 4 rings (SSSR count). The van der Waals surface area contributed by atoms with Crippen LogP contribution in [0.1, 0.15) is 45.1 Å². The number of sulfonamides is 1. The number of ether oxygens (including phenoxy) is 2. The van der Waals surface area contributed by atoms with Crippen molar-refractivity contribution in [1.29, 1.82) is 0 Å². The predicted molar refractivity (Wildman–Crippen MR) is 146 cm³/mol. The van der Waals surface area contributed by atoms with Crippen molar-refractivity contribution in [2.45, 2.75) is 69.2 Å². The molecule has 0 amide bonds. The highest BCUT2D eigenvalue weighted by molar-refractivity contribution is 7.89. The van der Waals surface area contributed by atoms with Crippen LogP contribution in [0.2, 0.25) is 0 Å². The molecule has 0 radical (unpaired) electrons. The van der Waals surface area contributed by atoms with Gasteiger partial charge in [0.05, 0.1) is 29.2 Å². The van der Waals surface area contributed by atoms with E-state index in [1.807, 2.05) is 44.2 Å². The molecule has 0 spiro atoms. The lowest BCUT2D eigenvalue weighted by Crippen LogP contribution is -2.43. The second kappa shape index (κ2) is 12.8. The van der Waals surface area contributed by atoms with Gasteiger partial charge >= 0.3 is 5.97 Å². The minimum absolute atomic E-state index is 0.0497. The number of nitrogen functional groups attached to an aromatic ring is 1. The van der Waals surface area contributed by atoms with E-state index in [-0.39, 0.29) is 48.2 Å². The Morgan fingerprint density at radius 2 is 1.92 bits per heavy atom. The Morgan fingerprint density at radius 1 is 1.18 bits per heavy atom. The van der Waals surface area contributed by atoms with E-state index in [1.165, 1.54) is 10.4 Å². The summed E-state index contributed by atoms with van der Waals surface area (Å²) in [7, 11) is -4.10. The molecule has 2 aliphatic rings. The van der Waals surface area contributed by atoms with Gasteiger partial charge in [-0.1, -0.05) is 44.2 Å². The number of halogens is 1. The van der Waals surface area contributed by atoms with Gasteiger partial charge in [-0.15, -0.1) is 0 Å². The Morgan fingerprint density at radius 3 is 2.59 bits per heavy atom. The highest BCUT2D eigenvalue weighted by Gasteiger charge is 2.40. The van der Waals surface area contributed by atoms with Crippen LogP contribution in [-0.4, -0.2) is 61.8 Å². The Kier molecular flexibility index (Phi) is 9.64. The highest BCUT2D eigenvalue weighted by atomic mass is 32.2. The Labute approximate surface area is 230 Å². The van der Waals surface area contributed by atoms with Crippen molar-refractivity contribution in [1.82, 2.24) is 4.31 Å². The molecule has 0 bridgehead atoms. The lowest BCUT2D eigenvalue weighted by molar-refractivity contribution is -0.151. The first-order valence-corrected chi connectivity index (χ1v) is 15.0. The maximum Gasteiger partial charge on any atom is 0.306 e. The van der Waals surface area contributed by atoms with Crippen LogP contribution in [0, 0.1) is 23.6 Å². The van der Waals surface area contributed by atoms with Gasteiger partial charge < -0.3 is 20.3 Å². The van der Waals surface area contributed by atoms with Gasteiger partial charge in [0.1, 0.15) is 11.9 Å². The molecule has 5 atom stereocenters. The molecule has 3 N–H and O–H groups in total. The molecule has 1 aliphatic carbocycles. The summed E-state index contributed by atoms with van der Waals surface area (Å²) in [6.45, 7) is 4.39. The smallest absolute Gasteiger partial charge is 0.306 e. The monoisotopic (exact) mass is 562 g/mol. The second-order valence-corrected chi connectivity index (χ2v) is 13.1. The van der Waals surface area contributed by atoms with Gasteiger partial charge in [-0.3, -0.25) is 4.79 Å². The normalized spacial score (nSPS) is 22.7. The van der Waals surface area contributed by atoms with Gasteiger partial charge in [-0.2, -0.15) is 4.31 Å². The lowest BCUT2D eigenvalue weighted by Gasteiger charge is -2.30. The van der Waals surface area contributed by atoms with Crippen molar-refractivity contribution in [2.24, 2.45) is 17.8 Å². The zero-order valence-corrected chi connectivity index (χ0v) is 23.4. The summed E-state index contributed by atoms with van der Waals surface area (Å²) in [5, 5.41) is 11.4. The summed E-state index contributed by atoms with van der Waals surface area (Å²) < 4.78 is 53.5. The number of nitrogens with two attached hydrogens (primary N) is 1. The third-order valence-electron chi connectivity index (χ3n) is 7.58. The fourth-order valence-electron chi connectivity index (χ4n) is 5.59. The molecule has 1 aliphatic heterocycles. The Hall–Kier alpha value is -2.53. The minimum Gasteiger partial charge on any atom is -0.462 e. The summed E-state index contributed by atoms with van der Waals surface area (Å²) in [5.74, 6) is -1.33. The third kappa shape index (κ3) is 7.57. The zero-order chi connectivity index (χ0) is 28.2. The van der Waals surface area contributed by atoms with Crippen LogP contribution in [-0.2, 0) is 30.7 Å². The van der Waals surface area contributed by atoms with Gasteiger partial charge in [-0.05, 0) is 54.9 Å². The molecule has 1 saturated carbocycles. The molecule has 39 heavy (non-hydrogen) atoms. The number of hydrogen-bond donors (Lipinski definition) is 2. The number of hydrogen-bond acceptors (Lipinski definition) is 7. The molecule has 2 aromatic carbocycles. The van der Waals surface area contributed by atoms with Gasteiger partial charge in [0.15, 0.2) is 0 Å². The van der Waals surface area contributed by atoms with Crippen LogP contribution in [0.3, 0.4) is 0 Å². The van der Waals surface area contributed by atoms with E-state index in [0.717, 1.165) is 37.1 Å². The number of carbonyl (C=O) groups is 1. The van der Waals surface area contributed by atoms with Gasteiger partial charge in [-0.25, -0.2) is 12.8 Å². The van der Waals surface area contributed by atoms with E-state index in [4.69, 9.17) is 15.2 Å². The van der Waals surface area contributed by atoms with E-state index < -0.39 is 33.8 Å². The van der Waals surface area contributed by atoms with Crippen LogP contribution in [0.5, 0.6) is 0 Å². The van der Waals surface area contributed by atoms with Crippen LogP contribution in [0.15, 0.2) is 53.4 Å². The van der Waals surface area contributed by atoms with Crippen molar-refractivity contribution >= 4 is 21.7 Å². The summed E-state index contributed by atoms with van der Waals surface area (Å²) in [5.41, 5.74) is 6.29. The van der Waals surface area contributed by atoms with Gasteiger partial charge in [0.25, 0.3) is 0 Å². The molecule has 2 fully saturated rings. The van der Waals surface area contributed by atoms with Gasteiger partial charge in [0.2, 0.25) is 10.0 Å². The zero-order valence-electron chi connectivity index (χ0n) is 22.5. The molecular formula is C29H39FN2O6S. The number of aliphatic hydroxyl groups is 1. The van der Waals surface area contributed by atoms with E-state index in [2.05, 4.69) is 0 Å². The molecule has 0 aromatic heterocycles. The number of benzene rings is 2. The van der Waals surface area contributed by atoms with Crippen LogP contribution >= 0.6 is 0 Å². The summed E-state index contributed by atoms with van der Waals surface area (Å²) in [4.78, 5) is 12.9. The van der Waals surface area contributed by atoms with Crippen molar-refractivity contribution in [3.8, 4) is 0 Å². The first-order valence-electron chi connectivity index (χ1n) is 13.6. The van der Waals surface area contributed by atoms with Crippen molar-refractivity contribution in [3.63, 3.8) is 0 Å². The SMILES string of the molecule is CC(C)CN(C[C@@H](O)[C@@H](CC(=O)OC1CC2CCO[C@@H]2C1)Cc1ccccc1)S(=O)(=O)c1ccc(F)c(N)c1. The van der Waals surface area contributed by atoms with E-state index >= 15 is 0 Å². The van der Waals surface area contributed by atoms with Crippen molar-refractivity contribution in [3.05, 3.63) is 59.9 Å². The summed E-state index contributed by atoms with van der Waals surface area (Å²) >= 11 is 0. The quantitative estimate of drug-likeness (QED) is 0.299. The van der Waals surface area contributed by atoms with Gasteiger partial charge in [0, 0.05) is 32.0 Å².